The molecule has 120 valence electrons. The molecule has 0 spiro atoms. The number of aryl methyl sites for hydroxylation is 1. The molecule has 6 heteroatoms. The zero-order valence-electron chi connectivity index (χ0n) is 12.9. The largest absolute Gasteiger partial charge is 0.347 e. The van der Waals surface area contributed by atoms with Crippen molar-refractivity contribution in [2.24, 2.45) is 0 Å². The molecule has 4 nitrogen and oxygen atoms in total. The molecule has 1 amide bonds. The van der Waals surface area contributed by atoms with Crippen LogP contribution in [0.4, 0.5) is 5.13 Å². The van der Waals surface area contributed by atoms with Crippen LogP contribution in [-0.2, 0) is 6.54 Å². The van der Waals surface area contributed by atoms with Crippen LogP contribution in [0.3, 0.4) is 0 Å². The second kappa shape index (κ2) is 7.15. The summed E-state index contributed by atoms with van der Waals surface area (Å²) in [6, 6.07) is 5.65. The summed E-state index contributed by atoms with van der Waals surface area (Å²) in [6.07, 6.45) is 7.01. The van der Waals surface area contributed by atoms with Gasteiger partial charge in [-0.3, -0.25) is 10.1 Å². The van der Waals surface area contributed by atoms with E-state index in [1.165, 1.54) is 17.8 Å². The smallest absolute Gasteiger partial charge is 0.259 e. The Bertz CT molecular complexity index is 811. The number of rotatable bonds is 6. The van der Waals surface area contributed by atoms with Crippen molar-refractivity contribution in [2.45, 2.75) is 32.7 Å². The number of unbranched alkanes of at least 4 members (excludes halogenated alkanes) is 2. The first-order valence-electron chi connectivity index (χ1n) is 7.68. The maximum Gasteiger partial charge on any atom is 0.259 e. The normalized spacial score (nSPS) is 11.0. The molecule has 0 aliphatic heterocycles. The van der Waals surface area contributed by atoms with Crippen LogP contribution in [0.5, 0.6) is 0 Å². The number of carbonyl (C=O) groups is 1. The molecule has 0 saturated heterocycles. The summed E-state index contributed by atoms with van der Waals surface area (Å²) in [4.78, 5) is 16.7. The number of nitrogens with zero attached hydrogens (tertiary/aromatic N) is 2. The molecule has 2 aromatic heterocycles. The number of hydrogen-bond donors (Lipinski definition) is 1. The highest BCUT2D eigenvalue weighted by Gasteiger charge is 2.16. The van der Waals surface area contributed by atoms with Gasteiger partial charge in [-0.25, -0.2) is 4.98 Å². The second-order valence-corrected chi connectivity index (χ2v) is 6.73. The lowest BCUT2D eigenvalue weighted by atomic mass is 10.1. The van der Waals surface area contributed by atoms with Crippen molar-refractivity contribution in [1.82, 2.24) is 9.55 Å². The SMILES string of the molecule is CCCCCn1cc(C(=O)Nc2nccs2)c2ccc(Cl)cc21. The first kappa shape index (κ1) is 16.0. The van der Waals surface area contributed by atoms with Gasteiger partial charge in [-0.05, 0) is 18.6 Å². The van der Waals surface area contributed by atoms with Crippen molar-refractivity contribution in [2.75, 3.05) is 5.32 Å². The summed E-state index contributed by atoms with van der Waals surface area (Å²) >= 11 is 7.54. The number of nitrogens with one attached hydrogen (secondary N) is 1. The van der Waals surface area contributed by atoms with Crippen molar-refractivity contribution in [1.29, 1.82) is 0 Å². The highest BCUT2D eigenvalue weighted by Crippen LogP contribution is 2.26. The van der Waals surface area contributed by atoms with Crippen LogP contribution in [0.2, 0.25) is 5.02 Å². The number of thiazole rings is 1. The molecule has 0 atom stereocenters. The van der Waals surface area contributed by atoms with Crippen molar-refractivity contribution >= 4 is 44.9 Å². The summed E-state index contributed by atoms with van der Waals surface area (Å²) in [5, 5.41) is 6.89. The Kier molecular flexibility index (Phi) is 4.98. The van der Waals surface area contributed by atoms with E-state index >= 15 is 0 Å². The molecule has 0 unspecified atom stereocenters. The van der Waals surface area contributed by atoms with E-state index in [-0.39, 0.29) is 5.91 Å². The molecule has 0 aliphatic rings. The predicted molar refractivity (Wildman–Crippen MR) is 96.5 cm³/mol. The third-order valence-electron chi connectivity index (χ3n) is 3.74. The number of anilines is 1. The van der Waals surface area contributed by atoms with E-state index in [0.29, 0.717) is 15.7 Å². The van der Waals surface area contributed by atoms with Crippen LogP contribution in [0.1, 0.15) is 36.5 Å². The van der Waals surface area contributed by atoms with Gasteiger partial charge < -0.3 is 4.57 Å². The second-order valence-electron chi connectivity index (χ2n) is 5.40. The average molecular weight is 348 g/mol. The Balaban J connectivity index is 1.94. The fourth-order valence-corrected chi connectivity index (χ4v) is 3.30. The molecule has 23 heavy (non-hydrogen) atoms. The summed E-state index contributed by atoms with van der Waals surface area (Å²) < 4.78 is 2.12. The van der Waals surface area contributed by atoms with E-state index in [1.807, 2.05) is 29.8 Å². The van der Waals surface area contributed by atoms with Crippen molar-refractivity contribution < 1.29 is 4.79 Å². The number of fused-ring (bicyclic) bond motifs is 1. The zero-order valence-corrected chi connectivity index (χ0v) is 14.5. The van der Waals surface area contributed by atoms with Crippen LogP contribution < -0.4 is 5.32 Å². The quantitative estimate of drug-likeness (QED) is 0.623. The van der Waals surface area contributed by atoms with E-state index in [4.69, 9.17) is 11.6 Å². The molecule has 1 N–H and O–H groups in total. The topological polar surface area (TPSA) is 46.9 Å². The Hall–Kier alpha value is -1.85. The third kappa shape index (κ3) is 3.57. The summed E-state index contributed by atoms with van der Waals surface area (Å²) in [5.74, 6) is -0.137. The minimum Gasteiger partial charge on any atom is -0.347 e. The first-order chi connectivity index (χ1) is 11.2. The van der Waals surface area contributed by atoms with Crippen molar-refractivity contribution in [3.8, 4) is 0 Å². The number of benzene rings is 1. The lowest BCUT2D eigenvalue weighted by Gasteiger charge is -2.04. The van der Waals surface area contributed by atoms with Gasteiger partial charge in [-0.2, -0.15) is 0 Å². The molecule has 2 heterocycles. The highest BCUT2D eigenvalue weighted by molar-refractivity contribution is 7.13. The summed E-state index contributed by atoms with van der Waals surface area (Å²) in [7, 11) is 0. The molecular weight excluding hydrogens is 330 g/mol. The van der Waals surface area contributed by atoms with E-state index in [2.05, 4.69) is 21.8 Å². The minimum absolute atomic E-state index is 0.137. The fraction of sp³-hybridized carbons (Fsp3) is 0.294. The number of carbonyl (C=O) groups excluding carboxylic acids is 1. The minimum atomic E-state index is -0.137. The molecule has 0 aliphatic carbocycles. The standard InChI is InChI=1S/C17H18ClN3OS/c1-2-3-4-8-21-11-14(13-6-5-12(18)10-15(13)21)16(22)20-17-19-7-9-23-17/h5-7,9-11H,2-4,8H2,1H3,(H,19,20,22). The molecule has 3 aromatic rings. The van der Waals surface area contributed by atoms with Gasteiger partial charge in [0.05, 0.1) is 11.1 Å². The molecule has 1 aromatic carbocycles. The molecule has 0 saturated carbocycles. The molecular formula is C17H18ClN3OS. The zero-order chi connectivity index (χ0) is 16.2. The van der Waals surface area contributed by atoms with Crippen molar-refractivity contribution in [3.05, 3.63) is 46.6 Å². The third-order valence-corrected chi connectivity index (χ3v) is 4.67. The Morgan fingerprint density at radius 2 is 2.26 bits per heavy atom. The lowest BCUT2D eigenvalue weighted by molar-refractivity contribution is 0.102. The maximum atomic E-state index is 12.6. The lowest BCUT2D eigenvalue weighted by Crippen LogP contribution is -2.11. The van der Waals surface area contributed by atoms with Gasteiger partial charge in [0.25, 0.3) is 5.91 Å². The molecule has 3 rings (SSSR count). The van der Waals surface area contributed by atoms with Crippen LogP contribution in [0.25, 0.3) is 10.9 Å². The Morgan fingerprint density at radius 3 is 3.00 bits per heavy atom. The van der Waals surface area contributed by atoms with Crippen LogP contribution in [0.15, 0.2) is 36.0 Å². The number of aromatic nitrogens is 2. The first-order valence-corrected chi connectivity index (χ1v) is 8.94. The molecule has 0 fully saturated rings. The Morgan fingerprint density at radius 1 is 1.39 bits per heavy atom. The van der Waals surface area contributed by atoms with Gasteiger partial charge in [-0.15, -0.1) is 11.3 Å². The summed E-state index contributed by atoms with van der Waals surface area (Å²) in [5.41, 5.74) is 1.65. The van der Waals surface area contributed by atoms with Crippen LogP contribution >= 0.6 is 22.9 Å². The van der Waals surface area contributed by atoms with E-state index in [0.717, 1.165) is 30.3 Å². The number of hydrogen-bond acceptors (Lipinski definition) is 3. The monoisotopic (exact) mass is 347 g/mol. The van der Waals surface area contributed by atoms with Crippen LogP contribution in [-0.4, -0.2) is 15.5 Å². The van der Waals surface area contributed by atoms with Gasteiger partial charge in [0.2, 0.25) is 0 Å². The van der Waals surface area contributed by atoms with E-state index in [1.54, 1.807) is 6.20 Å². The van der Waals surface area contributed by atoms with Gasteiger partial charge >= 0.3 is 0 Å². The molecule has 0 radical (unpaired) electrons. The van der Waals surface area contributed by atoms with Gasteiger partial charge in [-0.1, -0.05) is 37.4 Å². The molecule has 0 bridgehead atoms. The van der Waals surface area contributed by atoms with Gasteiger partial charge in [0.1, 0.15) is 0 Å². The average Bonchev–Trinajstić information content (AvgIpc) is 3.15. The van der Waals surface area contributed by atoms with Gasteiger partial charge in [0.15, 0.2) is 5.13 Å². The van der Waals surface area contributed by atoms with Crippen LogP contribution in [0, 0.1) is 0 Å². The number of halogens is 1. The number of amides is 1. The predicted octanol–water partition coefficient (Wildman–Crippen LogP) is 5.19. The Labute approximate surface area is 144 Å². The summed E-state index contributed by atoms with van der Waals surface area (Å²) in [6.45, 7) is 3.06. The van der Waals surface area contributed by atoms with Gasteiger partial charge in [0, 0.05) is 34.7 Å². The highest BCUT2D eigenvalue weighted by atomic mass is 35.5. The van der Waals surface area contributed by atoms with Crippen molar-refractivity contribution in [3.63, 3.8) is 0 Å². The fourth-order valence-electron chi connectivity index (χ4n) is 2.61. The maximum absolute atomic E-state index is 12.6. The van der Waals surface area contributed by atoms with E-state index in [9.17, 15) is 4.79 Å². The van der Waals surface area contributed by atoms with E-state index < -0.39 is 0 Å².